The third-order valence-electron chi connectivity index (χ3n) is 4.09. The van der Waals surface area contributed by atoms with Gasteiger partial charge in [-0.1, -0.05) is 45.0 Å². The zero-order chi connectivity index (χ0) is 18.1. The molecule has 1 fully saturated rings. The summed E-state index contributed by atoms with van der Waals surface area (Å²) in [6, 6.07) is 5.17. The fourth-order valence-corrected chi connectivity index (χ4v) is 2.86. The average Bonchev–Trinajstić information content (AvgIpc) is 2.44. The topological polar surface area (TPSA) is 34.1 Å². The van der Waals surface area contributed by atoms with Gasteiger partial charge < -0.3 is 0 Å². The van der Waals surface area contributed by atoms with Gasteiger partial charge in [-0.3, -0.25) is 9.59 Å². The molecule has 0 unspecified atom stereocenters. The van der Waals surface area contributed by atoms with Gasteiger partial charge in [0, 0.05) is 12.8 Å². The van der Waals surface area contributed by atoms with Crippen molar-refractivity contribution >= 4 is 11.6 Å². The van der Waals surface area contributed by atoms with Crippen molar-refractivity contribution in [2.24, 2.45) is 5.41 Å². The van der Waals surface area contributed by atoms with Gasteiger partial charge in [-0.15, -0.1) is 0 Å². The number of hydrogen-bond acceptors (Lipinski definition) is 2. The smallest absolute Gasteiger partial charge is 0.294 e. The Morgan fingerprint density at radius 2 is 1.58 bits per heavy atom. The lowest BCUT2D eigenvalue weighted by molar-refractivity contribution is -0.139. The molecule has 1 aliphatic carbocycles. The summed E-state index contributed by atoms with van der Waals surface area (Å²) < 4.78 is 39.4. The lowest BCUT2D eigenvalue weighted by Gasteiger charge is -2.25. The Bertz CT molecular complexity index is 659. The van der Waals surface area contributed by atoms with E-state index in [2.05, 4.69) is 0 Å². The molecule has 5 heteroatoms. The lowest BCUT2D eigenvalue weighted by atomic mass is 9.77. The first-order valence-corrected chi connectivity index (χ1v) is 7.92. The highest BCUT2D eigenvalue weighted by atomic mass is 19.4. The number of Topliss-reactive ketones (excluding diaryl/α,β-unsaturated/α-hetero) is 2. The number of benzene rings is 1. The number of carbonyl (C=O) groups excluding carboxylic acids is 2. The van der Waals surface area contributed by atoms with E-state index in [-0.39, 0.29) is 41.0 Å². The molecule has 0 aliphatic heterocycles. The Balaban J connectivity index is 2.28. The van der Waals surface area contributed by atoms with Crippen molar-refractivity contribution in [2.75, 3.05) is 0 Å². The van der Waals surface area contributed by atoms with E-state index in [0.29, 0.717) is 6.42 Å². The second-order valence-corrected chi connectivity index (χ2v) is 7.42. The van der Waals surface area contributed by atoms with E-state index >= 15 is 0 Å². The molecule has 0 heterocycles. The van der Waals surface area contributed by atoms with E-state index in [4.69, 9.17) is 0 Å². The van der Waals surface area contributed by atoms with Crippen LogP contribution in [0.4, 0.5) is 13.2 Å². The summed E-state index contributed by atoms with van der Waals surface area (Å²) in [6.07, 6.45) is -2.41. The Labute approximate surface area is 139 Å². The van der Waals surface area contributed by atoms with Crippen molar-refractivity contribution in [1.82, 2.24) is 0 Å². The van der Waals surface area contributed by atoms with Crippen LogP contribution in [0.25, 0.3) is 0 Å². The molecular weight excluding hydrogens is 317 g/mol. The number of ketones is 2. The predicted molar refractivity (Wildman–Crippen MR) is 85.6 cm³/mol. The van der Waals surface area contributed by atoms with Crippen LogP contribution in [0.1, 0.15) is 57.1 Å². The van der Waals surface area contributed by atoms with E-state index in [1.54, 1.807) is 6.08 Å². The van der Waals surface area contributed by atoms with Crippen LogP contribution in [0.5, 0.6) is 0 Å². The molecule has 24 heavy (non-hydrogen) atoms. The van der Waals surface area contributed by atoms with Crippen LogP contribution >= 0.6 is 0 Å². The van der Waals surface area contributed by atoms with E-state index in [9.17, 15) is 22.8 Å². The van der Waals surface area contributed by atoms with E-state index in [0.717, 1.165) is 6.07 Å². The van der Waals surface area contributed by atoms with Crippen LogP contribution in [0, 0.1) is 5.41 Å². The number of halogens is 3. The second kappa shape index (κ2) is 6.54. The van der Waals surface area contributed by atoms with Crippen molar-refractivity contribution in [3.63, 3.8) is 0 Å². The van der Waals surface area contributed by atoms with Crippen molar-refractivity contribution in [1.29, 1.82) is 0 Å². The van der Waals surface area contributed by atoms with Gasteiger partial charge in [-0.05, 0) is 29.4 Å². The summed E-state index contributed by atoms with van der Waals surface area (Å²) in [6.45, 7) is 5.97. The van der Waals surface area contributed by atoms with E-state index in [1.165, 1.54) is 18.2 Å². The van der Waals surface area contributed by atoms with Crippen LogP contribution in [0.15, 0.2) is 35.9 Å². The minimum absolute atomic E-state index is 0.0292. The first kappa shape index (κ1) is 18.4. The SMILES string of the molecule is CC(C)(C)CC=C1C(=O)CC(c2ccccc2C(F)(F)F)CC1=O. The maximum atomic E-state index is 13.1. The number of carbonyl (C=O) groups is 2. The van der Waals surface area contributed by atoms with Crippen molar-refractivity contribution in [3.8, 4) is 0 Å². The van der Waals surface area contributed by atoms with Crippen molar-refractivity contribution in [3.05, 3.63) is 47.0 Å². The zero-order valence-electron chi connectivity index (χ0n) is 14.0. The number of alkyl halides is 3. The highest BCUT2D eigenvalue weighted by Crippen LogP contribution is 2.40. The Morgan fingerprint density at radius 3 is 2.08 bits per heavy atom. The van der Waals surface area contributed by atoms with Crippen LogP contribution in [0.3, 0.4) is 0 Å². The van der Waals surface area contributed by atoms with Gasteiger partial charge in [0.15, 0.2) is 11.6 Å². The first-order chi connectivity index (χ1) is 11.0. The van der Waals surface area contributed by atoms with Gasteiger partial charge in [0.1, 0.15) is 0 Å². The predicted octanol–water partition coefficient (Wildman–Crippen LogP) is 5.08. The molecule has 0 bridgehead atoms. The van der Waals surface area contributed by atoms with Gasteiger partial charge >= 0.3 is 6.18 Å². The van der Waals surface area contributed by atoms with Crippen LogP contribution in [-0.2, 0) is 15.8 Å². The highest BCUT2D eigenvalue weighted by Gasteiger charge is 2.38. The molecule has 0 aromatic heterocycles. The third kappa shape index (κ3) is 4.34. The fraction of sp³-hybridized carbons (Fsp3) is 0.474. The molecule has 0 saturated heterocycles. The molecule has 130 valence electrons. The summed E-state index contributed by atoms with van der Waals surface area (Å²) in [5.41, 5.74) is -0.655. The summed E-state index contributed by atoms with van der Waals surface area (Å²) in [4.78, 5) is 24.6. The van der Waals surface area contributed by atoms with E-state index < -0.39 is 17.7 Å². The van der Waals surface area contributed by atoms with Gasteiger partial charge in [0.2, 0.25) is 0 Å². The summed E-state index contributed by atoms with van der Waals surface area (Å²) in [7, 11) is 0. The minimum Gasteiger partial charge on any atom is -0.294 e. The number of allylic oxidation sites excluding steroid dienone is 2. The van der Waals surface area contributed by atoms with Crippen LogP contribution in [-0.4, -0.2) is 11.6 Å². The summed E-state index contributed by atoms with van der Waals surface area (Å²) >= 11 is 0. The third-order valence-corrected chi connectivity index (χ3v) is 4.09. The van der Waals surface area contributed by atoms with Crippen molar-refractivity contribution < 1.29 is 22.8 Å². The quantitative estimate of drug-likeness (QED) is 0.556. The van der Waals surface area contributed by atoms with Gasteiger partial charge in [0.25, 0.3) is 0 Å². The second-order valence-electron chi connectivity index (χ2n) is 7.42. The molecule has 1 aliphatic rings. The standard InChI is InChI=1S/C19H21F3O2/c1-18(2,3)9-8-14-16(23)10-12(11-17(14)24)13-6-4-5-7-15(13)19(20,21)22/h4-8,12H,9-11H2,1-3H3. The molecule has 0 spiro atoms. The van der Waals surface area contributed by atoms with Gasteiger partial charge in [0.05, 0.1) is 11.1 Å². The largest absolute Gasteiger partial charge is 0.416 e. The number of hydrogen-bond donors (Lipinski definition) is 0. The molecule has 1 aromatic carbocycles. The summed E-state index contributed by atoms with van der Waals surface area (Å²) in [5.74, 6) is -1.44. The molecule has 0 N–H and O–H groups in total. The van der Waals surface area contributed by atoms with Gasteiger partial charge in [-0.25, -0.2) is 0 Å². The molecule has 1 aromatic rings. The maximum absolute atomic E-state index is 13.1. The van der Waals surface area contributed by atoms with Crippen LogP contribution < -0.4 is 0 Å². The minimum atomic E-state index is -4.50. The van der Waals surface area contributed by atoms with Crippen LogP contribution in [0.2, 0.25) is 0 Å². The monoisotopic (exact) mass is 338 g/mol. The zero-order valence-corrected chi connectivity index (χ0v) is 14.0. The summed E-state index contributed by atoms with van der Waals surface area (Å²) in [5, 5.41) is 0. The maximum Gasteiger partial charge on any atom is 0.416 e. The molecule has 0 radical (unpaired) electrons. The molecule has 0 atom stereocenters. The number of rotatable bonds is 2. The molecular formula is C19H21F3O2. The Morgan fingerprint density at radius 1 is 1.04 bits per heavy atom. The molecule has 0 amide bonds. The molecule has 2 nitrogen and oxygen atoms in total. The Hall–Kier alpha value is -1.91. The Kier molecular flexibility index (Phi) is 5.02. The van der Waals surface area contributed by atoms with Crippen molar-refractivity contribution in [2.45, 2.75) is 52.1 Å². The molecule has 1 saturated carbocycles. The van der Waals surface area contributed by atoms with E-state index in [1.807, 2.05) is 20.8 Å². The molecule has 2 rings (SSSR count). The lowest BCUT2D eigenvalue weighted by Crippen LogP contribution is -2.26. The fourth-order valence-electron chi connectivity index (χ4n) is 2.86. The highest BCUT2D eigenvalue weighted by molar-refractivity contribution is 6.22. The van der Waals surface area contributed by atoms with Gasteiger partial charge in [-0.2, -0.15) is 13.2 Å². The normalized spacial score (nSPS) is 19.6. The first-order valence-electron chi connectivity index (χ1n) is 7.92. The average molecular weight is 338 g/mol.